The van der Waals surface area contributed by atoms with E-state index in [1.54, 1.807) is 20.3 Å². The Balaban J connectivity index is 1.32. The van der Waals surface area contributed by atoms with E-state index in [2.05, 4.69) is 46.2 Å². The van der Waals surface area contributed by atoms with Gasteiger partial charge in [-0.2, -0.15) is 0 Å². The summed E-state index contributed by atoms with van der Waals surface area (Å²) in [5.74, 6) is 1.84. The molecule has 2 aliphatic heterocycles. The third-order valence-electron chi connectivity index (χ3n) is 7.74. The lowest BCUT2D eigenvalue weighted by Gasteiger charge is -2.30. The quantitative estimate of drug-likeness (QED) is 0.547. The summed E-state index contributed by atoms with van der Waals surface area (Å²) in [6.45, 7) is 4.73. The van der Waals surface area contributed by atoms with Crippen LogP contribution < -0.4 is 14.9 Å². The molecule has 3 aromatic rings. The minimum absolute atomic E-state index is 0.134. The number of ether oxygens (including phenoxy) is 2. The molecule has 5 rings (SSSR count). The van der Waals surface area contributed by atoms with Crippen LogP contribution in [-0.2, 0) is 33.1 Å². The van der Waals surface area contributed by atoms with Crippen molar-refractivity contribution >= 4 is 0 Å². The molecule has 0 radical (unpaired) electrons. The van der Waals surface area contributed by atoms with E-state index in [1.165, 1.54) is 16.7 Å². The molecule has 3 heterocycles. The second kappa shape index (κ2) is 10.4. The van der Waals surface area contributed by atoms with Gasteiger partial charge in [0.2, 0.25) is 5.43 Å². The highest BCUT2D eigenvalue weighted by molar-refractivity contribution is 5.48. The van der Waals surface area contributed by atoms with Crippen molar-refractivity contribution in [3.8, 4) is 17.2 Å². The zero-order chi connectivity index (χ0) is 25.2. The molecule has 1 aromatic heterocycles. The molecule has 0 saturated carbocycles. The SMILES string of the molecule is COc1cc2c(cc1OC)CN(Cc1cc(=O)c(O)c(CN3CC[C@H](c4ccccc4)C3)n1C)CC2. The molecule has 7 heteroatoms. The number of hydrogen-bond donors (Lipinski definition) is 1. The fraction of sp³-hybridized carbons (Fsp3) is 0.414. The van der Waals surface area contributed by atoms with Crippen molar-refractivity contribution in [2.75, 3.05) is 33.9 Å². The van der Waals surface area contributed by atoms with Crippen LogP contribution in [0.2, 0.25) is 0 Å². The third kappa shape index (κ3) is 4.86. The highest BCUT2D eigenvalue weighted by Crippen LogP contribution is 2.34. The number of rotatable bonds is 7. The monoisotopic (exact) mass is 489 g/mol. The van der Waals surface area contributed by atoms with E-state index in [0.717, 1.165) is 56.2 Å². The van der Waals surface area contributed by atoms with Crippen LogP contribution in [0.1, 0.15) is 40.4 Å². The van der Waals surface area contributed by atoms with Crippen LogP contribution in [0.25, 0.3) is 0 Å². The maximum Gasteiger partial charge on any atom is 0.223 e. The molecule has 0 unspecified atom stereocenters. The topological polar surface area (TPSA) is 67.2 Å². The number of nitrogens with zero attached hydrogens (tertiary/aromatic N) is 3. The smallest absolute Gasteiger partial charge is 0.223 e. The summed E-state index contributed by atoms with van der Waals surface area (Å²) < 4.78 is 13.0. The first-order valence-corrected chi connectivity index (χ1v) is 12.6. The minimum Gasteiger partial charge on any atom is -0.503 e. The molecular formula is C29H35N3O4. The van der Waals surface area contributed by atoms with Crippen LogP contribution >= 0.6 is 0 Å². The minimum atomic E-state index is -0.305. The van der Waals surface area contributed by atoms with Crippen molar-refractivity contribution in [1.29, 1.82) is 0 Å². The number of benzene rings is 2. The van der Waals surface area contributed by atoms with Gasteiger partial charge in [0.1, 0.15) is 0 Å². The van der Waals surface area contributed by atoms with Crippen molar-refractivity contribution in [3.05, 3.63) is 86.8 Å². The van der Waals surface area contributed by atoms with Crippen LogP contribution in [0.15, 0.2) is 53.3 Å². The lowest BCUT2D eigenvalue weighted by atomic mass is 9.98. The molecular weight excluding hydrogens is 454 g/mol. The Bertz CT molecular complexity index is 1290. The third-order valence-corrected chi connectivity index (χ3v) is 7.74. The van der Waals surface area contributed by atoms with Crippen LogP contribution in [0.5, 0.6) is 17.2 Å². The van der Waals surface area contributed by atoms with Crippen LogP contribution in [0, 0.1) is 0 Å². The molecule has 1 saturated heterocycles. The van der Waals surface area contributed by atoms with Crippen molar-refractivity contribution in [2.45, 2.75) is 38.4 Å². The van der Waals surface area contributed by atoms with E-state index in [1.807, 2.05) is 17.7 Å². The molecule has 7 nitrogen and oxygen atoms in total. The van der Waals surface area contributed by atoms with E-state index in [9.17, 15) is 9.90 Å². The van der Waals surface area contributed by atoms with Gasteiger partial charge in [0, 0.05) is 51.5 Å². The maximum absolute atomic E-state index is 12.7. The second-order valence-corrected chi connectivity index (χ2v) is 9.92. The van der Waals surface area contributed by atoms with Crippen LogP contribution in [0.4, 0.5) is 0 Å². The molecule has 1 N–H and O–H groups in total. The number of pyridine rings is 1. The summed E-state index contributed by atoms with van der Waals surface area (Å²) in [6, 6.07) is 16.3. The zero-order valence-electron chi connectivity index (χ0n) is 21.4. The Morgan fingerprint density at radius 3 is 2.39 bits per heavy atom. The van der Waals surface area contributed by atoms with E-state index in [0.29, 0.717) is 24.7 Å². The average Bonchev–Trinajstić information content (AvgIpc) is 3.38. The molecule has 2 aromatic carbocycles. The summed E-state index contributed by atoms with van der Waals surface area (Å²) in [7, 11) is 5.27. The highest BCUT2D eigenvalue weighted by Gasteiger charge is 2.26. The van der Waals surface area contributed by atoms with Gasteiger partial charge in [0.25, 0.3) is 0 Å². The molecule has 0 spiro atoms. The molecule has 0 aliphatic carbocycles. The van der Waals surface area contributed by atoms with Crippen molar-refractivity contribution < 1.29 is 14.6 Å². The van der Waals surface area contributed by atoms with Gasteiger partial charge < -0.3 is 19.1 Å². The Morgan fingerprint density at radius 1 is 0.944 bits per heavy atom. The first kappa shape index (κ1) is 24.4. The normalized spacial score (nSPS) is 18.2. The Hall–Kier alpha value is -3.29. The predicted molar refractivity (Wildman–Crippen MR) is 140 cm³/mol. The van der Waals surface area contributed by atoms with Crippen molar-refractivity contribution in [2.24, 2.45) is 7.05 Å². The second-order valence-electron chi connectivity index (χ2n) is 9.92. The van der Waals surface area contributed by atoms with E-state index < -0.39 is 0 Å². The average molecular weight is 490 g/mol. The van der Waals surface area contributed by atoms with Gasteiger partial charge in [0.05, 0.1) is 19.9 Å². The Kier molecular flexibility index (Phi) is 7.03. The number of hydrogen-bond acceptors (Lipinski definition) is 6. The molecule has 190 valence electrons. The zero-order valence-corrected chi connectivity index (χ0v) is 21.4. The molecule has 1 fully saturated rings. The van der Waals surface area contributed by atoms with Gasteiger partial charge in [-0.15, -0.1) is 0 Å². The molecule has 2 aliphatic rings. The van der Waals surface area contributed by atoms with Gasteiger partial charge in [-0.25, -0.2) is 0 Å². The number of likely N-dealkylation sites (tertiary alicyclic amines) is 1. The van der Waals surface area contributed by atoms with Gasteiger partial charge in [0.15, 0.2) is 17.2 Å². The largest absolute Gasteiger partial charge is 0.503 e. The molecule has 0 bridgehead atoms. The number of methoxy groups -OCH3 is 2. The molecule has 36 heavy (non-hydrogen) atoms. The van der Waals surface area contributed by atoms with E-state index in [-0.39, 0.29) is 11.2 Å². The Labute approximate surface area is 212 Å². The lowest BCUT2D eigenvalue weighted by Crippen LogP contribution is -2.32. The first-order chi connectivity index (χ1) is 17.5. The maximum atomic E-state index is 12.7. The molecule has 1 atom stereocenters. The number of aromatic nitrogens is 1. The van der Waals surface area contributed by atoms with Crippen molar-refractivity contribution in [1.82, 2.24) is 14.4 Å². The van der Waals surface area contributed by atoms with Gasteiger partial charge in [-0.05, 0) is 54.1 Å². The first-order valence-electron chi connectivity index (χ1n) is 12.6. The summed E-state index contributed by atoms with van der Waals surface area (Å²) in [4.78, 5) is 17.4. The van der Waals surface area contributed by atoms with E-state index in [4.69, 9.17) is 9.47 Å². The highest BCUT2D eigenvalue weighted by atomic mass is 16.5. The summed E-state index contributed by atoms with van der Waals surface area (Å²) >= 11 is 0. The van der Waals surface area contributed by atoms with Gasteiger partial charge >= 0.3 is 0 Å². The summed E-state index contributed by atoms with van der Waals surface area (Å²) in [5.41, 5.74) is 5.14. The number of aromatic hydroxyl groups is 1. The standard InChI is InChI=1S/C29H35N3O4/c1-30-24(18-31-11-9-21-13-27(35-2)28(36-3)14-23(21)17-31)15-26(33)29(34)25(30)19-32-12-10-22(16-32)20-7-5-4-6-8-20/h4-8,13-15,22,34H,9-12,16-19H2,1-3H3/t22-/m0/s1. The van der Waals surface area contributed by atoms with Crippen LogP contribution in [-0.4, -0.2) is 53.3 Å². The lowest BCUT2D eigenvalue weighted by molar-refractivity contribution is 0.236. The summed E-state index contributed by atoms with van der Waals surface area (Å²) in [6.07, 6.45) is 1.99. The van der Waals surface area contributed by atoms with E-state index >= 15 is 0 Å². The van der Waals surface area contributed by atoms with Gasteiger partial charge in [-0.1, -0.05) is 30.3 Å². The fourth-order valence-corrected chi connectivity index (χ4v) is 5.61. The fourth-order valence-electron chi connectivity index (χ4n) is 5.61. The number of fused-ring (bicyclic) bond motifs is 1. The molecule has 0 amide bonds. The Morgan fingerprint density at radius 2 is 1.67 bits per heavy atom. The van der Waals surface area contributed by atoms with Crippen molar-refractivity contribution in [3.63, 3.8) is 0 Å². The van der Waals surface area contributed by atoms with Gasteiger partial charge in [-0.3, -0.25) is 14.6 Å². The van der Waals surface area contributed by atoms with Crippen LogP contribution in [0.3, 0.4) is 0 Å². The predicted octanol–water partition coefficient (Wildman–Crippen LogP) is 3.66. The summed E-state index contributed by atoms with van der Waals surface area (Å²) in [5, 5.41) is 10.7.